The first kappa shape index (κ1) is 14.2. The number of benzene rings is 1. The van der Waals surface area contributed by atoms with Crippen molar-refractivity contribution in [1.82, 2.24) is 0 Å². The summed E-state index contributed by atoms with van der Waals surface area (Å²) in [5.74, 6) is -0.980. The molecule has 3 nitrogen and oxygen atoms in total. The molecule has 0 spiro atoms. The average Bonchev–Trinajstić information content (AvgIpc) is 2.14. The van der Waals surface area contributed by atoms with Gasteiger partial charge in [-0.25, -0.2) is 4.39 Å². The van der Waals surface area contributed by atoms with Crippen LogP contribution in [0.2, 0.25) is 0 Å². The Morgan fingerprint density at radius 1 is 1.31 bits per heavy atom. The van der Waals surface area contributed by atoms with Gasteiger partial charge in [-0.2, -0.15) is 13.2 Å². The van der Waals surface area contributed by atoms with E-state index in [4.69, 9.17) is 5.53 Å². The lowest BCUT2D eigenvalue weighted by atomic mass is 10.1. The van der Waals surface area contributed by atoms with Gasteiger partial charge in [0.15, 0.2) is 0 Å². The van der Waals surface area contributed by atoms with Crippen molar-refractivity contribution in [2.24, 2.45) is 5.11 Å². The molecule has 7 heteroatoms. The fourth-order valence-corrected chi connectivity index (χ4v) is 1.06. The third-order valence-corrected chi connectivity index (χ3v) is 1.68. The fourth-order valence-electron chi connectivity index (χ4n) is 1.06. The van der Waals surface area contributed by atoms with E-state index in [0.29, 0.717) is 6.07 Å². The molecule has 16 heavy (non-hydrogen) atoms. The summed E-state index contributed by atoms with van der Waals surface area (Å²) < 4.78 is 49.7. The van der Waals surface area contributed by atoms with Gasteiger partial charge >= 0.3 is 6.18 Å². The Labute approximate surface area is 89.3 Å². The minimum atomic E-state index is -4.65. The van der Waals surface area contributed by atoms with Crippen LogP contribution >= 0.6 is 0 Å². The largest absolute Gasteiger partial charge is 0.416 e. The molecule has 1 aromatic carbocycles. The van der Waals surface area contributed by atoms with E-state index in [1.807, 2.05) is 0 Å². The second kappa shape index (κ2) is 5.37. The van der Waals surface area contributed by atoms with Crippen LogP contribution < -0.4 is 0 Å². The standard InChI is InChI=1S/C8H5F4N3.CH4/c9-6-2-1-5(4-14-15-13)7(3-6)8(10,11)12;/h1-3H,4H2;1H4. The third-order valence-electron chi connectivity index (χ3n) is 1.68. The predicted molar refractivity (Wildman–Crippen MR) is 51.0 cm³/mol. The SMILES string of the molecule is C.[N-]=[N+]=NCc1ccc(F)cc1C(F)(F)F. The van der Waals surface area contributed by atoms with Crippen LogP contribution in [0.15, 0.2) is 23.3 Å². The molecule has 0 aliphatic rings. The molecule has 0 atom stereocenters. The van der Waals surface area contributed by atoms with Crippen molar-refractivity contribution < 1.29 is 17.6 Å². The lowest BCUT2D eigenvalue weighted by Crippen LogP contribution is -2.09. The van der Waals surface area contributed by atoms with Crippen molar-refractivity contribution in [3.8, 4) is 0 Å². The molecule has 1 rings (SSSR count). The van der Waals surface area contributed by atoms with Gasteiger partial charge in [0.05, 0.1) is 12.1 Å². The van der Waals surface area contributed by atoms with Gasteiger partial charge in [0.25, 0.3) is 0 Å². The van der Waals surface area contributed by atoms with E-state index in [1.54, 1.807) is 0 Å². The van der Waals surface area contributed by atoms with Crippen LogP contribution in [0, 0.1) is 5.82 Å². The van der Waals surface area contributed by atoms with E-state index < -0.39 is 24.1 Å². The maximum absolute atomic E-state index is 12.6. The Balaban J connectivity index is 0.00000225. The van der Waals surface area contributed by atoms with Gasteiger partial charge in [-0.15, -0.1) is 0 Å². The molecule has 0 aliphatic carbocycles. The number of rotatable bonds is 2. The molecule has 88 valence electrons. The highest BCUT2D eigenvalue weighted by molar-refractivity contribution is 5.30. The smallest absolute Gasteiger partial charge is 0.207 e. The molecule has 0 saturated carbocycles. The zero-order valence-corrected chi connectivity index (χ0v) is 7.29. The van der Waals surface area contributed by atoms with Crippen LogP contribution in [0.5, 0.6) is 0 Å². The van der Waals surface area contributed by atoms with Gasteiger partial charge in [-0.05, 0) is 23.2 Å². The summed E-state index contributed by atoms with van der Waals surface area (Å²) in [5.41, 5.74) is 6.61. The molecule has 0 bridgehead atoms. The topological polar surface area (TPSA) is 48.8 Å². The summed E-state index contributed by atoms with van der Waals surface area (Å²) in [6.07, 6.45) is -4.65. The molecule has 1 aromatic rings. The molecule has 0 unspecified atom stereocenters. The lowest BCUT2D eigenvalue weighted by Gasteiger charge is -2.10. The van der Waals surface area contributed by atoms with E-state index in [2.05, 4.69) is 10.0 Å². The summed E-state index contributed by atoms with van der Waals surface area (Å²) >= 11 is 0. The van der Waals surface area contributed by atoms with Crippen molar-refractivity contribution in [3.05, 3.63) is 45.6 Å². The zero-order valence-electron chi connectivity index (χ0n) is 7.29. The Kier molecular flexibility index (Phi) is 4.78. The Bertz CT molecular complexity index is 408. The predicted octanol–water partition coefficient (Wildman–Crippen LogP) is 4.29. The van der Waals surface area contributed by atoms with E-state index >= 15 is 0 Å². The Morgan fingerprint density at radius 2 is 1.94 bits per heavy atom. The maximum atomic E-state index is 12.6. The zero-order chi connectivity index (χ0) is 11.5. The van der Waals surface area contributed by atoms with Crippen molar-refractivity contribution in [2.75, 3.05) is 0 Å². The first-order valence-electron chi connectivity index (χ1n) is 3.81. The summed E-state index contributed by atoms with van der Waals surface area (Å²) in [6, 6.07) is 2.21. The van der Waals surface area contributed by atoms with E-state index in [0.717, 1.165) is 12.1 Å². The van der Waals surface area contributed by atoms with Gasteiger partial charge in [0, 0.05) is 4.91 Å². The average molecular weight is 235 g/mol. The quantitative estimate of drug-likeness (QED) is 0.318. The van der Waals surface area contributed by atoms with Crippen molar-refractivity contribution in [3.63, 3.8) is 0 Å². The van der Waals surface area contributed by atoms with E-state index in [9.17, 15) is 17.6 Å². The Hall–Kier alpha value is -1.75. The molecule has 0 heterocycles. The van der Waals surface area contributed by atoms with E-state index in [1.165, 1.54) is 0 Å². The molecule has 0 saturated heterocycles. The molecule has 0 aliphatic heterocycles. The second-order valence-electron chi connectivity index (χ2n) is 2.69. The van der Waals surface area contributed by atoms with Gasteiger partial charge < -0.3 is 0 Å². The van der Waals surface area contributed by atoms with Crippen LogP contribution in [-0.2, 0) is 12.7 Å². The maximum Gasteiger partial charge on any atom is 0.416 e. The number of hydrogen-bond donors (Lipinski definition) is 0. The van der Waals surface area contributed by atoms with E-state index in [-0.39, 0.29) is 13.0 Å². The number of azide groups is 1. The van der Waals surface area contributed by atoms with Crippen molar-refractivity contribution >= 4 is 0 Å². The van der Waals surface area contributed by atoms with Crippen molar-refractivity contribution in [1.29, 1.82) is 0 Å². The van der Waals surface area contributed by atoms with Crippen LogP contribution in [0.4, 0.5) is 17.6 Å². The second-order valence-corrected chi connectivity index (χ2v) is 2.69. The molecular weight excluding hydrogens is 226 g/mol. The van der Waals surface area contributed by atoms with Gasteiger partial charge in [-0.1, -0.05) is 18.6 Å². The number of hydrogen-bond acceptors (Lipinski definition) is 1. The number of halogens is 4. The summed E-state index contributed by atoms with van der Waals surface area (Å²) in [4.78, 5) is 2.34. The van der Waals surface area contributed by atoms with Gasteiger partial charge in [0.1, 0.15) is 5.82 Å². The van der Waals surface area contributed by atoms with Crippen molar-refractivity contribution in [2.45, 2.75) is 20.1 Å². The van der Waals surface area contributed by atoms with Crippen LogP contribution in [0.1, 0.15) is 18.6 Å². The highest BCUT2D eigenvalue weighted by Gasteiger charge is 2.33. The summed E-state index contributed by atoms with van der Waals surface area (Å²) in [7, 11) is 0. The number of alkyl halides is 3. The highest BCUT2D eigenvalue weighted by atomic mass is 19.4. The minimum absolute atomic E-state index is 0. The molecule has 0 amide bonds. The Morgan fingerprint density at radius 3 is 2.44 bits per heavy atom. The highest BCUT2D eigenvalue weighted by Crippen LogP contribution is 2.32. The summed E-state index contributed by atoms with van der Waals surface area (Å²) in [6.45, 7) is -0.453. The fraction of sp³-hybridized carbons (Fsp3) is 0.333. The monoisotopic (exact) mass is 235 g/mol. The molecule has 0 radical (unpaired) electrons. The minimum Gasteiger partial charge on any atom is -0.207 e. The molecular formula is C9H9F4N3. The molecule has 0 fully saturated rings. The lowest BCUT2D eigenvalue weighted by molar-refractivity contribution is -0.138. The first-order chi connectivity index (χ1) is 6.95. The summed E-state index contributed by atoms with van der Waals surface area (Å²) in [5, 5.41) is 3.00. The van der Waals surface area contributed by atoms with Crippen LogP contribution in [0.25, 0.3) is 10.4 Å². The normalized spacial score (nSPS) is 10.2. The van der Waals surface area contributed by atoms with Crippen LogP contribution in [-0.4, -0.2) is 0 Å². The van der Waals surface area contributed by atoms with Gasteiger partial charge in [0.2, 0.25) is 0 Å². The van der Waals surface area contributed by atoms with Gasteiger partial charge in [-0.3, -0.25) is 0 Å². The first-order valence-corrected chi connectivity index (χ1v) is 3.81. The third kappa shape index (κ3) is 3.43. The molecule has 0 N–H and O–H groups in total. The van der Waals surface area contributed by atoms with Crippen LogP contribution in [0.3, 0.4) is 0 Å². The number of nitrogens with zero attached hydrogens (tertiary/aromatic N) is 3. The molecule has 0 aromatic heterocycles.